The van der Waals surface area contributed by atoms with Crippen molar-refractivity contribution in [2.45, 2.75) is 57.4 Å². The van der Waals surface area contributed by atoms with Crippen LogP contribution in [0.5, 0.6) is 0 Å². The Morgan fingerprint density at radius 1 is 0.905 bits per heavy atom. The van der Waals surface area contributed by atoms with Crippen molar-refractivity contribution in [1.29, 1.82) is 0 Å². The summed E-state index contributed by atoms with van der Waals surface area (Å²) >= 11 is 0. The number of hydrogen-bond donors (Lipinski definition) is 1. The van der Waals surface area contributed by atoms with E-state index in [2.05, 4.69) is 49.5 Å². The maximum Gasteiger partial charge on any atom is 0.0124 e. The van der Waals surface area contributed by atoms with Gasteiger partial charge in [0.05, 0.1) is 0 Å². The molecule has 4 aliphatic carbocycles. The van der Waals surface area contributed by atoms with E-state index < -0.39 is 0 Å². The second kappa shape index (κ2) is 5.12. The van der Waals surface area contributed by atoms with Gasteiger partial charge in [-0.05, 0) is 61.3 Å². The molecule has 21 heavy (non-hydrogen) atoms. The molecule has 0 radical (unpaired) electrons. The lowest BCUT2D eigenvalue weighted by Crippen LogP contribution is -2.56. The van der Waals surface area contributed by atoms with Crippen molar-refractivity contribution in [3.63, 3.8) is 0 Å². The molecule has 4 aliphatic rings. The highest BCUT2D eigenvalue weighted by Gasteiger charge is 2.48. The van der Waals surface area contributed by atoms with E-state index in [1.807, 2.05) is 0 Å². The standard InChI is InChI=1S/C20H29N/c1-20(2,18-6-4-3-5-7-18)13-21-19-16-9-14-8-15(11-16)12-17(19)10-14/h3-7,14-17,19,21H,8-13H2,1-2H3. The smallest absolute Gasteiger partial charge is 0.0124 e. The van der Waals surface area contributed by atoms with Gasteiger partial charge in [0.15, 0.2) is 0 Å². The topological polar surface area (TPSA) is 12.0 Å². The highest BCUT2D eigenvalue weighted by atomic mass is 15.0. The van der Waals surface area contributed by atoms with Gasteiger partial charge >= 0.3 is 0 Å². The van der Waals surface area contributed by atoms with Crippen LogP contribution in [0.3, 0.4) is 0 Å². The molecule has 0 saturated heterocycles. The largest absolute Gasteiger partial charge is 0.313 e. The molecule has 0 aromatic heterocycles. The van der Waals surface area contributed by atoms with E-state index in [1.54, 1.807) is 6.42 Å². The monoisotopic (exact) mass is 283 g/mol. The molecule has 0 unspecified atom stereocenters. The Bertz CT molecular complexity index is 462. The maximum atomic E-state index is 4.00. The highest BCUT2D eigenvalue weighted by molar-refractivity contribution is 5.24. The maximum absolute atomic E-state index is 4.00. The lowest BCUT2D eigenvalue weighted by atomic mass is 9.54. The predicted molar refractivity (Wildman–Crippen MR) is 88.3 cm³/mol. The van der Waals surface area contributed by atoms with Crippen LogP contribution in [0.4, 0.5) is 0 Å². The van der Waals surface area contributed by atoms with Crippen molar-refractivity contribution in [2.75, 3.05) is 6.54 Å². The average molecular weight is 283 g/mol. The van der Waals surface area contributed by atoms with Crippen molar-refractivity contribution in [2.24, 2.45) is 23.7 Å². The summed E-state index contributed by atoms with van der Waals surface area (Å²) in [4.78, 5) is 0. The molecule has 5 rings (SSSR count). The summed E-state index contributed by atoms with van der Waals surface area (Å²) in [7, 11) is 0. The van der Waals surface area contributed by atoms with Crippen LogP contribution in [-0.4, -0.2) is 12.6 Å². The van der Waals surface area contributed by atoms with Crippen LogP contribution in [0.25, 0.3) is 0 Å². The van der Waals surface area contributed by atoms with Crippen LogP contribution in [0.1, 0.15) is 51.5 Å². The van der Waals surface area contributed by atoms with E-state index in [0.717, 1.165) is 36.3 Å². The Balaban J connectivity index is 1.43. The lowest BCUT2D eigenvalue weighted by molar-refractivity contribution is -0.0149. The highest BCUT2D eigenvalue weighted by Crippen LogP contribution is 2.53. The first-order chi connectivity index (χ1) is 10.1. The molecular weight excluding hydrogens is 254 g/mol. The first-order valence-electron chi connectivity index (χ1n) is 8.91. The van der Waals surface area contributed by atoms with E-state index in [-0.39, 0.29) is 5.41 Å². The lowest BCUT2D eigenvalue weighted by Gasteiger charge is -2.55. The van der Waals surface area contributed by atoms with Crippen LogP contribution < -0.4 is 5.32 Å². The van der Waals surface area contributed by atoms with Crippen LogP contribution in [0, 0.1) is 23.7 Å². The van der Waals surface area contributed by atoms with Crippen LogP contribution in [0.2, 0.25) is 0 Å². The number of nitrogens with one attached hydrogen (secondary N) is 1. The third-order valence-electron chi connectivity index (χ3n) is 6.56. The van der Waals surface area contributed by atoms with Gasteiger partial charge < -0.3 is 5.32 Å². The van der Waals surface area contributed by atoms with Gasteiger partial charge in [0.25, 0.3) is 0 Å². The third kappa shape index (κ3) is 2.54. The zero-order chi connectivity index (χ0) is 14.4. The quantitative estimate of drug-likeness (QED) is 0.864. The number of hydrogen-bond acceptors (Lipinski definition) is 1. The van der Waals surface area contributed by atoms with E-state index in [1.165, 1.54) is 31.2 Å². The fraction of sp³-hybridized carbons (Fsp3) is 0.700. The molecule has 1 aromatic carbocycles. The van der Waals surface area contributed by atoms with Crippen molar-refractivity contribution >= 4 is 0 Å². The Morgan fingerprint density at radius 2 is 1.48 bits per heavy atom. The molecule has 4 fully saturated rings. The van der Waals surface area contributed by atoms with Gasteiger partial charge in [-0.1, -0.05) is 44.2 Å². The Labute approximate surface area is 129 Å². The molecule has 0 amide bonds. The van der Waals surface area contributed by atoms with Gasteiger partial charge in [-0.15, -0.1) is 0 Å². The van der Waals surface area contributed by atoms with Gasteiger partial charge in [-0.2, -0.15) is 0 Å². The minimum absolute atomic E-state index is 0.232. The van der Waals surface area contributed by atoms with Crippen LogP contribution in [-0.2, 0) is 5.41 Å². The van der Waals surface area contributed by atoms with E-state index in [4.69, 9.17) is 0 Å². The first-order valence-corrected chi connectivity index (χ1v) is 8.91. The summed E-state index contributed by atoms with van der Waals surface area (Å²) in [6, 6.07) is 11.8. The molecule has 0 spiro atoms. The normalized spacial score (nSPS) is 37.9. The third-order valence-corrected chi connectivity index (χ3v) is 6.56. The molecule has 0 heterocycles. The van der Waals surface area contributed by atoms with Gasteiger partial charge in [-0.3, -0.25) is 0 Å². The summed E-state index contributed by atoms with van der Waals surface area (Å²) in [6.45, 7) is 5.88. The zero-order valence-corrected chi connectivity index (χ0v) is 13.5. The summed E-state index contributed by atoms with van der Waals surface area (Å²) in [5.41, 5.74) is 1.69. The molecule has 4 saturated carbocycles. The molecule has 1 nitrogen and oxygen atoms in total. The predicted octanol–water partition coefficient (Wildman–Crippen LogP) is 4.38. The summed E-state index contributed by atoms with van der Waals surface area (Å²) in [5, 5.41) is 4.00. The SMILES string of the molecule is CC(C)(CNC1C2CC3CC(C2)CC1C3)c1ccccc1. The number of rotatable bonds is 4. The fourth-order valence-electron chi connectivity index (χ4n) is 5.62. The van der Waals surface area contributed by atoms with Crippen molar-refractivity contribution in [3.8, 4) is 0 Å². The zero-order valence-electron chi connectivity index (χ0n) is 13.5. The Hall–Kier alpha value is -0.820. The van der Waals surface area contributed by atoms with Crippen molar-refractivity contribution in [3.05, 3.63) is 35.9 Å². The van der Waals surface area contributed by atoms with Gasteiger partial charge in [0, 0.05) is 18.0 Å². The van der Waals surface area contributed by atoms with Gasteiger partial charge in [-0.25, -0.2) is 0 Å². The summed E-state index contributed by atoms with van der Waals surface area (Å²) in [5.74, 6) is 4.11. The molecule has 1 N–H and O–H groups in total. The minimum Gasteiger partial charge on any atom is -0.313 e. The summed E-state index contributed by atoms with van der Waals surface area (Å²) < 4.78 is 0. The fourth-order valence-corrected chi connectivity index (χ4v) is 5.62. The first kappa shape index (κ1) is 13.8. The summed E-state index contributed by atoms with van der Waals surface area (Å²) in [6.07, 6.45) is 7.59. The second-order valence-corrected chi connectivity index (χ2v) is 8.59. The van der Waals surface area contributed by atoms with E-state index >= 15 is 0 Å². The van der Waals surface area contributed by atoms with E-state index in [0.29, 0.717) is 0 Å². The van der Waals surface area contributed by atoms with Crippen LogP contribution in [0.15, 0.2) is 30.3 Å². The molecule has 0 atom stereocenters. The molecule has 0 aliphatic heterocycles. The Morgan fingerprint density at radius 3 is 2.05 bits per heavy atom. The molecule has 114 valence electrons. The average Bonchev–Trinajstić information content (AvgIpc) is 2.47. The number of benzene rings is 1. The van der Waals surface area contributed by atoms with E-state index in [9.17, 15) is 0 Å². The Kier molecular flexibility index (Phi) is 3.37. The van der Waals surface area contributed by atoms with Crippen molar-refractivity contribution in [1.82, 2.24) is 5.32 Å². The van der Waals surface area contributed by atoms with Gasteiger partial charge in [0.2, 0.25) is 0 Å². The molecule has 1 heteroatoms. The minimum atomic E-state index is 0.232. The molecular formula is C20H29N. The van der Waals surface area contributed by atoms with Gasteiger partial charge in [0.1, 0.15) is 0 Å². The van der Waals surface area contributed by atoms with Crippen LogP contribution >= 0.6 is 0 Å². The van der Waals surface area contributed by atoms with Crippen molar-refractivity contribution < 1.29 is 0 Å². The molecule has 4 bridgehead atoms. The second-order valence-electron chi connectivity index (χ2n) is 8.59. The molecule has 1 aromatic rings.